The SMILES string of the molecule is COc1cccc2c(C(=O)N3CCC(n4cn[nH]c4=O)CC3)n[nH]c12. The van der Waals surface area contributed by atoms with E-state index in [0.29, 0.717) is 42.9 Å². The lowest BCUT2D eigenvalue weighted by molar-refractivity contribution is 0.0689. The molecule has 0 aliphatic carbocycles. The van der Waals surface area contributed by atoms with E-state index in [9.17, 15) is 9.59 Å². The minimum Gasteiger partial charge on any atom is -0.494 e. The van der Waals surface area contributed by atoms with E-state index in [2.05, 4.69) is 20.4 Å². The maximum Gasteiger partial charge on any atom is 0.343 e. The quantitative estimate of drug-likeness (QED) is 0.736. The van der Waals surface area contributed by atoms with Crippen molar-refractivity contribution < 1.29 is 9.53 Å². The van der Waals surface area contributed by atoms with Crippen LogP contribution in [0.3, 0.4) is 0 Å². The number of hydrogen-bond donors (Lipinski definition) is 2. The second-order valence-corrected chi connectivity index (χ2v) is 6.05. The number of amides is 1. The number of hydrogen-bond acceptors (Lipinski definition) is 5. The van der Waals surface area contributed by atoms with Crippen LogP contribution >= 0.6 is 0 Å². The summed E-state index contributed by atoms with van der Waals surface area (Å²) in [5.41, 5.74) is 0.899. The molecule has 3 heterocycles. The second-order valence-electron chi connectivity index (χ2n) is 6.05. The highest BCUT2D eigenvalue weighted by molar-refractivity contribution is 6.05. The van der Waals surface area contributed by atoms with Crippen molar-refractivity contribution in [2.24, 2.45) is 0 Å². The molecule has 4 rings (SSSR count). The molecule has 2 N–H and O–H groups in total. The Kier molecular flexibility index (Phi) is 3.75. The van der Waals surface area contributed by atoms with E-state index in [4.69, 9.17) is 4.74 Å². The lowest BCUT2D eigenvalue weighted by atomic mass is 10.0. The maximum atomic E-state index is 12.9. The van der Waals surface area contributed by atoms with Crippen LogP contribution in [0.1, 0.15) is 29.4 Å². The summed E-state index contributed by atoms with van der Waals surface area (Å²) in [6.07, 6.45) is 2.92. The molecule has 130 valence electrons. The number of carbonyl (C=O) groups is 1. The number of carbonyl (C=O) groups excluding carboxylic acids is 1. The molecule has 0 spiro atoms. The molecule has 9 nitrogen and oxygen atoms in total. The number of nitrogens with zero attached hydrogens (tertiary/aromatic N) is 4. The van der Waals surface area contributed by atoms with Crippen LogP contribution in [0, 0.1) is 0 Å². The zero-order chi connectivity index (χ0) is 17.4. The van der Waals surface area contributed by atoms with Gasteiger partial charge in [0, 0.05) is 24.5 Å². The van der Waals surface area contributed by atoms with E-state index in [1.54, 1.807) is 16.6 Å². The summed E-state index contributed by atoms with van der Waals surface area (Å²) in [5.74, 6) is 0.541. The molecule has 0 radical (unpaired) electrons. The Bertz CT molecular complexity index is 964. The molecule has 0 bridgehead atoms. The summed E-state index contributed by atoms with van der Waals surface area (Å²) < 4.78 is 6.89. The van der Waals surface area contributed by atoms with Crippen molar-refractivity contribution >= 4 is 16.8 Å². The highest BCUT2D eigenvalue weighted by atomic mass is 16.5. The second kappa shape index (κ2) is 6.08. The van der Waals surface area contributed by atoms with E-state index in [0.717, 1.165) is 5.39 Å². The first-order chi connectivity index (χ1) is 12.2. The molecular weight excluding hydrogens is 324 g/mol. The molecule has 1 aliphatic rings. The minimum atomic E-state index is -0.213. The van der Waals surface area contributed by atoms with Gasteiger partial charge in [0.1, 0.15) is 17.6 Å². The number of H-pyrrole nitrogens is 2. The monoisotopic (exact) mass is 342 g/mol. The summed E-state index contributed by atoms with van der Waals surface area (Å²) in [4.78, 5) is 26.3. The first kappa shape index (κ1) is 15.4. The van der Waals surface area contributed by atoms with E-state index >= 15 is 0 Å². The zero-order valence-corrected chi connectivity index (χ0v) is 13.7. The van der Waals surface area contributed by atoms with E-state index in [1.807, 2.05) is 18.2 Å². The van der Waals surface area contributed by atoms with Gasteiger partial charge in [-0.15, -0.1) is 0 Å². The number of aromatic nitrogens is 5. The van der Waals surface area contributed by atoms with Gasteiger partial charge in [-0.1, -0.05) is 12.1 Å². The summed E-state index contributed by atoms with van der Waals surface area (Å²) in [7, 11) is 1.58. The molecule has 1 amide bonds. The number of likely N-dealkylation sites (tertiary alicyclic amines) is 1. The average Bonchev–Trinajstić information content (AvgIpc) is 3.27. The lowest BCUT2D eigenvalue weighted by Crippen LogP contribution is -2.40. The van der Waals surface area contributed by atoms with E-state index in [-0.39, 0.29) is 17.6 Å². The van der Waals surface area contributed by atoms with Crippen LogP contribution in [-0.2, 0) is 0 Å². The van der Waals surface area contributed by atoms with E-state index in [1.165, 1.54) is 6.33 Å². The molecule has 3 aromatic rings. The number of ether oxygens (including phenoxy) is 1. The Hall–Kier alpha value is -3.10. The molecule has 0 atom stereocenters. The molecule has 9 heteroatoms. The number of fused-ring (bicyclic) bond motifs is 1. The molecule has 2 aromatic heterocycles. The number of piperidine rings is 1. The van der Waals surface area contributed by atoms with Crippen molar-refractivity contribution in [3.05, 3.63) is 40.7 Å². The van der Waals surface area contributed by atoms with Gasteiger partial charge in [-0.2, -0.15) is 10.2 Å². The largest absolute Gasteiger partial charge is 0.494 e. The third-order valence-corrected chi connectivity index (χ3v) is 4.71. The van der Waals surface area contributed by atoms with Crippen molar-refractivity contribution in [1.29, 1.82) is 0 Å². The van der Waals surface area contributed by atoms with Gasteiger partial charge in [-0.05, 0) is 18.9 Å². The fourth-order valence-electron chi connectivity index (χ4n) is 3.36. The molecule has 1 aliphatic heterocycles. The Balaban J connectivity index is 1.53. The van der Waals surface area contributed by atoms with Gasteiger partial charge < -0.3 is 9.64 Å². The van der Waals surface area contributed by atoms with Crippen molar-refractivity contribution in [3.63, 3.8) is 0 Å². The Morgan fingerprint density at radius 3 is 2.76 bits per heavy atom. The Morgan fingerprint density at radius 1 is 1.28 bits per heavy atom. The molecule has 1 saturated heterocycles. The molecular formula is C16H18N6O3. The van der Waals surface area contributed by atoms with Gasteiger partial charge in [-0.3, -0.25) is 14.5 Å². The molecule has 0 unspecified atom stereocenters. The van der Waals surface area contributed by atoms with Crippen LogP contribution in [0.25, 0.3) is 10.9 Å². The number of benzene rings is 1. The highest BCUT2D eigenvalue weighted by Crippen LogP contribution is 2.27. The van der Waals surface area contributed by atoms with Crippen LogP contribution in [0.5, 0.6) is 5.75 Å². The Morgan fingerprint density at radius 2 is 2.08 bits per heavy atom. The van der Waals surface area contributed by atoms with Gasteiger partial charge in [0.2, 0.25) is 0 Å². The standard InChI is InChI=1S/C16H18N6O3/c1-25-12-4-2-3-11-13(12)18-19-14(11)15(23)21-7-5-10(6-8-21)22-9-17-20-16(22)24/h2-4,9-10H,5-8H2,1H3,(H,18,19)(H,20,24). The normalized spacial score (nSPS) is 15.6. The molecule has 1 aromatic carbocycles. The summed E-state index contributed by atoms with van der Waals surface area (Å²) in [5, 5.41) is 14.0. The van der Waals surface area contributed by atoms with Gasteiger partial charge in [-0.25, -0.2) is 9.89 Å². The molecule has 1 fully saturated rings. The summed E-state index contributed by atoms with van der Waals surface area (Å²) in [6, 6.07) is 5.58. The van der Waals surface area contributed by atoms with Gasteiger partial charge in [0.15, 0.2) is 5.69 Å². The van der Waals surface area contributed by atoms with Crippen molar-refractivity contribution in [2.45, 2.75) is 18.9 Å². The predicted octanol–water partition coefficient (Wildman–Crippen LogP) is 0.934. The van der Waals surface area contributed by atoms with Crippen LogP contribution < -0.4 is 10.4 Å². The van der Waals surface area contributed by atoms with Crippen LogP contribution in [0.15, 0.2) is 29.3 Å². The minimum absolute atomic E-state index is 0.0614. The highest BCUT2D eigenvalue weighted by Gasteiger charge is 2.28. The first-order valence-electron chi connectivity index (χ1n) is 8.11. The van der Waals surface area contributed by atoms with Gasteiger partial charge >= 0.3 is 5.69 Å². The third-order valence-electron chi connectivity index (χ3n) is 4.71. The molecule has 25 heavy (non-hydrogen) atoms. The van der Waals surface area contributed by atoms with Crippen LogP contribution in [0.4, 0.5) is 0 Å². The van der Waals surface area contributed by atoms with Crippen LogP contribution in [0.2, 0.25) is 0 Å². The fourth-order valence-corrected chi connectivity index (χ4v) is 3.36. The summed E-state index contributed by atoms with van der Waals surface area (Å²) in [6.45, 7) is 1.14. The number of nitrogens with one attached hydrogen (secondary N) is 2. The topological polar surface area (TPSA) is 109 Å². The van der Waals surface area contributed by atoms with Gasteiger partial charge in [0.05, 0.1) is 7.11 Å². The number of methoxy groups -OCH3 is 1. The maximum absolute atomic E-state index is 12.9. The van der Waals surface area contributed by atoms with Crippen molar-refractivity contribution in [1.82, 2.24) is 29.9 Å². The predicted molar refractivity (Wildman–Crippen MR) is 89.7 cm³/mol. The zero-order valence-electron chi connectivity index (χ0n) is 13.7. The average molecular weight is 342 g/mol. The third kappa shape index (κ3) is 2.57. The molecule has 0 saturated carbocycles. The fraction of sp³-hybridized carbons (Fsp3) is 0.375. The smallest absolute Gasteiger partial charge is 0.343 e. The number of para-hydroxylation sites is 1. The van der Waals surface area contributed by atoms with E-state index < -0.39 is 0 Å². The Labute approximate surface area is 142 Å². The lowest BCUT2D eigenvalue weighted by Gasteiger charge is -2.31. The van der Waals surface area contributed by atoms with Crippen molar-refractivity contribution in [3.8, 4) is 5.75 Å². The van der Waals surface area contributed by atoms with Crippen molar-refractivity contribution in [2.75, 3.05) is 20.2 Å². The summed E-state index contributed by atoms with van der Waals surface area (Å²) >= 11 is 0. The first-order valence-corrected chi connectivity index (χ1v) is 8.11. The number of rotatable bonds is 3. The van der Waals surface area contributed by atoms with Crippen LogP contribution in [-0.4, -0.2) is 56.0 Å². The number of aromatic amines is 2. The van der Waals surface area contributed by atoms with Gasteiger partial charge in [0.25, 0.3) is 5.91 Å².